The van der Waals surface area contributed by atoms with E-state index in [2.05, 4.69) is 20.8 Å². The zero-order chi connectivity index (χ0) is 17.9. The van der Waals surface area contributed by atoms with Crippen LogP contribution in [0.2, 0.25) is 0 Å². The summed E-state index contributed by atoms with van der Waals surface area (Å²) < 4.78 is 5.51. The summed E-state index contributed by atoms with van der Waals surface area (Å²) in [5.74, 6) is -0.536. The van der Waals surface area contributed by atoms with E-state index in [9.17, 15) is 19.7 Å². The number of Topliss-reactive ketones (excluding diaryl/α,β-unsaturated/α-hetero) is 1. The molecule has 0 radical (unpaired) electrons. The molecule has 1 aromatic rings. The summed E-state index contributed by atoms with van der Waals surface area (Å²) in [6.45, 7) is 6.31. The van der Waals surface area contributed by atoms with Crippen LogP contribution in [-0.2, 0) is 9.53 Å². The van der Waals surface area contributed by atoms with Crippen LogP contribution >= 0.6 is 0 Å². The molecule has 6 nitrogen and oxygen atoms in total. The Morgan fingerprint density at radius 1 is 1.21 bits per heavy atom. The van der Waals surface area contributed by atoms with Crippen LogP contribution in [0, 0.1) is 27.9 Å². The normalized spacial score (nSPS) is 23.8. The molecule has 3 atom stereocenters. The fourth-order valence-corrected chi connectivity index (χ4v) is 3.29. The maximum atomic E-state index is 12.2. The molecule has 2 rings (SSSR count). The van der Waals surface area contributed by atoms with Crippen LogP contribution in [0.5, 0.6) is 0 Å². The number of hydrogen-bond acceptors (Lipinski definition) is 5. The van der Waals surface area contributed by atoms with Crippen LogP contribution < -0.4 is 0 Å². The van der Waals surface area contributed by atoms with Crippen molar-refractivity contribution in [2.45, 2.75) is 46.1 Å². The predicted molar refractivity (Wildman–Crippen MR) is 88.6 cm³/mol. The first-order valence-corrected chi connectivity index (χ1v) is 8.29. The fourth-order valence-electron chi connectivity index (χ4n) is 3.29. The van der Waals surface area contributed by atoms with Crippen molar-refractivity contribution in [1.82, 2.24) is 0 Å². The topological polar surface area (TPSA) is 86.5 Å². The van der Waals surface area contributed by atoms with E-state index in [1.807, 2.05) is 0 Å². The molecule has 1 aliphatic carbocycles. The third-order valence-corrected chi connectivity index (χ3v) is 4.75. The van der Waals surface area contributed by atoms with Crippen molar-refractivity contribution in [3.63, 3.8) is 0 Å². The van der Waals surface area contributed by atoms with Crippen molar-refractivity contribution in [3.05, 3.63) is 39.9 Å². The number of non-ortho nitro benzene ring substituents is 1. The maximum Gasteiger partial charge on any atom is 0.379 e. The van der Waals surface area contributed by atoms with Gasteiger partial charge in [0.1, 0.15) is 6.10 Å². The number of nitro groups is 1. The van der Waals surface area contributed by atoms with Gasteiger partial charge < -0.3 is 4.74 Å². The van der Waals surface area contributed by atoms with Crippen molar-refractivity contribution in [1.29, 1.82) is 0 Å². The lowest BCUT2D eigenvalue weighted by Crippen LogP contribution is -2.37. The maximum absolute atomic E-state index is 12.2. The molecule has 6 heteroatoms. The Morgan fingerprint density at radius 2 is 1.83 bits per heavy atom. The van der Waals surface area contributed by atoms with E-state index >= 15 is 0 Å². The highest BCUT2D eigenvalue weighted by Crippen LogP contribution is 2.35. The molecule has 1 fully saturated rings. The quantitative estimate of drug-likeness (QED) is 0.269. The van der Waals surface area contributed by atoms with Gasteiger partial charge in [-0.25, -0.2) is 4.79 Å². The highest BCUT2D eigenvalue weighted by atomic mass is 16.6. The molecule has 0 aromatic heterocycles. The van der Waals surface area contributed by atoms with E-state index < -0.39 is 16.7 Å². The monoisotopic (exact) mass is 333 g/mol. The van der Waals surface area contributed by atoms with Crippen molar-refractivity contribution >= 4 is 17.4 Å². The van der Waals surface area contributed by atoms with Gasteiger partial charge in [0.25, 0.3) is 11.5 Å². The third-order valence-electron chi connectivity index (χ3n) is 4.75. The number of ether oxygens (including phenoxy) is 1. The Morgan fingerprint density at radius 3 is 2.38 bits per heavy atom. The fraction of sp³-hybridized carbons (Fsp3) is 0.556. The first-order valence-electron chi connectivity index (χ1n) is 8.29. The number of ketones is 1. The van der Waals surface area contributed by atoms with Gasteiger partial charge in [-0.3, -0.25) is 14.9 Å². The molecule has 0 heterocycles. The molecular weight excluding hydrogens is 310 g/mol. The lowest BCUT2D eigenvalue weighted by molar-refractivity contribution is -0.384. The average molecular weight is 333 g/mol. The van der Waals surface area contributed by atoms with Crippen LogP contribution in [0.3, 0.4) is 0 Å². The zero-order valence-corrected chi connectivity index (χ0v) is 14.2. The molecule has 0 saturated heterocycles. The van der Waals surface area contributed by atoms with Gasteiger partial charge in [-0.2, -0.15) is 0 Å². The van der Waals surface area contributed by atoms with E-state index in [1.165, 1.54) is 24.3 Å². The van der Waals surface area contributed by atoms with E-state index in [0.717, 1.165) is 19.3 Å². The largest absolute Gasteiger partial charge is 0.456 e. The second-order valence-corrected chi connectivity index (χ2v) is 6.90. The molecule has 24 heavy (non-hydrogen) atoms. The van der Waals surface area contributed by atoms with E-state index in [-0.39, 0.29) is 23.3 Å². The standard InChI is InChI=1S/C18H23NO5/c1-11(2)15-9-4-12(3)10-16(15)24-18(21)17(20)13-5-7-14(8-6-13)19(22)23/h5-8,11-12,15-16H,4,9-10H2,1-3H3/t12-,15+,16+/m1/s1. The summed E-state index contributed by atoms with van der Waals surface area (Å²) in [6, 6.07) is 4.98. The van der Waals surface area contributed by atoms with Crippen molar-refractivity contribution < 1.29 is 19.2 Å². The van der Waals surface area contributed by atoms with Gasteiger partial charge in [-0.15, -0.1) is 0 Å². The van der Waals surface area contributed by atoms with Crippen LogP contribution in [0.15, 0.2) is 24.3 Å². The summed E-state index contributed by atoms with van der Waals surface area (Å²) in [7, 11) is 0. The lowest BCUT2D eigenvalue weighted by Gasteiger charge is -2.36. The Balaban J connectivity index is 2.06. The van der Waals surface area contributed by atoms with Crippen molar-refractivity contribution in [2.24, 2.45) is 17.8 Å². The molecule has 0 unspecified atom stereocenters. The lowest BCUT2D eigenvalue weighted by atomic mass is 9.75. The van der Waals surface area contributed by atoms with Crippen molar-refractivity contribution in [3.8, 4) is 0 Å². The summed E-state index contributed by atoms with van der Waals surface area (Å²) in [6.07, 6.45) is 2.61. The SMILES string of the molecule is CC(C)[C@@H]1CC[C@@H](C)C[C@@H]1OC(=O)C(=O)c1ccc([N+](=O)[O-])cc1. The van der Waals surface area contributed by atoms with Crippen LogP contribution in [0.4, 0.5) is 5.69 Å². The number of esters is 1. The Kier molecular flexibility index (Phi) is 5.70. The minimum Gasteiger partial charge on any atom is -0.456 e. The first-order chi connectivity index (χ1) is 11.3. The number of nitrogens with zero attached hydrogens (tertiary/aromatic N) is 1. The van der Waals surface area contributed by atoms with Gasteiger partial charge in [-0.05, 0) is 42.7 Å². The van der Waals surface area contributed by atoms with Crippen LogP contribution in [0.25, 0.3) is 0 Å². The van der Waals surface area contributed by atoms with Gasteiger partial charge in [0, 0.05) is 17.7 Å². The summed E-state index contributed by atoms with van der Waals surface area (Å²) >= 11 is 0. The molecule has 1 aliphatic rings. The molecule has 1 aromatic carbocycles. The van der Waals surface area contributed by atoms with Gasteiger partial charge in [0.05, 0.1) is 4.92 Å². The summed E-state index contributed by atoms with van der Waals surface area (Å²) in [5.41, 5.74) is -0.0172. The molecule has 0 amide bonds. The van der Waals surface area contributed by atoms with E-state index in [1.54, 1.807) is 0 Å². The minimum absolute atomic E-state index is 0.107. The Hall–Kier alpha value is -2.24. The second kappa shape index (κ2) is 7.55. The van der Waals surface area contributed by atoms with Gasteiger partial charge >= 0.3 is 5.97 Å². The molecule has 0 spiro atoms. The first kappa shape index (κ1) is 18.1. The minimum atomic E-state index is -0.881. The molecule has 1 saturated carbocycles. The third kappa shape index (κ3) is 4.19. The van der Waals surface area contributed by atoms with Crippen LogP contribution in [0.1, 0.15) is 50.4 Å². The number of carbonyl (C=O) groups excluding carboxylic acids is 2. The molecule has 130 valence electrons. The average Bonchev–Trinajstić information content (AvgIpc) is 2.54. The molecule has 0 N–H and O–H groups in total. The van der Waals surface area contributed by atoms with Crippen LogP contribution in [-0.4, -0.2) is 22.8 Å². The van der Waals surface area contributed by atoms with E-state index in [4.69, 9.17) is 4.74 Å². The molecule has 0 bridgehead atoms. The Bertz CT molecular complexity index is 623. The zero-order valence-electron chi connectivity index (χ0n) is 14.2. The number of nitro benzene ring substituents is 1. The van der Waals surface area contributed by atoms with E-state index in [0.29, 0.717) is 11.8 Å². The molecular formula is C18H23NO5. The number of carbonyl (C=O) groups is 2. The highest BCUT2D eigenvalue weighted by Gasteiger charge is 2.34. The second-order valence-electron chi connectivity index (χ2n) is 6.90. The predicted octanol–water partition coefficient (Wildman–Crippen LogP) is 3.78. The van der Waals surface area contributed by atoms with Gasteiger partial charge in [0.2, 0.25) is 0 Å². The van der Waals surface area contributed by atoms with Gasteiger partial charge in [0.15, 0.2) is 0 Å². The summed E-state index contributed by atoms with van der Waals surface area (Å²) in [4.78, 5) is 34.5. The van der Waals surface area contributed by atoms with Crippen molar-refractivity contribution in [2.75, 3.05) is 0 Å². The Labute approximate surface area is 141 Å². The number of benzene rings is 1. The summed E-state index contributed by atoms with van der Waals surface area (Å²) in [5, 5.41) is 10.6. The number of hydrogen-bond donors (Lipinski definition) is 0. The van der Waals surface area contributed by atoms with Gasteiger partial charge in [-0.1, -0.05) is 27.2 Å². The smallest absolute Gasteiger partial charge is 0.379 e. The highest BCUT2D eigenvalue weighted by molar-refractivity contribution is 6.40. The number of rotatable bonds is 5. The molecule has 0 aliphatic heterocycles.